The van der Waals surface area contributed by atoms with Crippen LogP contribution in [0.15, 0.2) is 93.7 Å². The van der Waals surface area contributed by atoms with Crippen molar-refractivity contribution in [3.8, 4) is 0 Å². The van der Waals surface area contributed by atoms with Crippen LogP contribution in [0.4, 0.5) is 4.39 Å². The van der Waals surface area contributed by atoms with Crippen LogP contribution < -0.4 is 11.2 Å². The maximum Gasteiger partial charge on any atom is 0.349 e. The molecule has 6 nitrogen and oxygen atoms in total. The van der Waals surface area contributed by atoms with E-state index in [4.69, 9.17) is 0 Å². The fourth-order valence-electron chi connectivity index (χ4n) is 3.70. The van der Waals surface area contributed by atoms with Crippen molar-refractivity contribution in [2.24, 2.45) is 5.10 Å². The minimum Gasteiger partial charge on any atom is -0.342 e. The van der Waals surface area contributed by atoms with Gasteiger partial charge in [0.25, 0.3) is 5.56 Å². The summed E-state index contributed by atoms with van der Waals surface area (Å²) in [5.41, 5.74) is 1.53. The number of H-pyrrole nitrogens is 1. The highest BCUT2D eigenvalue weighted by Crippen LogP contribution is 2.22. The Labute approximate surface area is 175 Å². The number of nitrogens with one attached hydrogen (secondary N) is 1. The zero-order chi connectivity index (χ0) is 21.4. The fraction of sp³-hybridized carbons (Fsp3) is 0.0417. The molecule has 3 aromatic carbocycles. The third-order valence-electron chi connectivity index (χ3n) is 5.21. The number of hydrogen-bond donors (Lipinski definition) is 1. The normalized spacial score (nSPS) is 11.6. The van der Waals surface area contributed by atoms with E-state index in [0.717, 1.165) is 15.6 Å². The summed E-state index contributed by atoms with van der Waals surface area (Å²) in [5.74, 6) is -0.273. The molecule has 1 N–H and O–H groups in total. The van der Waals surface area contributed by atoms with E-state index in [1.54, 1.807) is 42.5 Å². The van der Waals surface area contributed by atoms with Crippen LogP contribution in [-0.2, 0) is 6.54 Å². The maximum absolute atomic E-state index is 14.2. The molecule has 0 aliphatic heterocycles. The summed E-state index contributed by atoms with van der Waals surface area (Å²) in [6, 6.07) is 21.1. The monoisotopic (exact) mass is 412 g/mol. The fourth-order valence-corrected chi connectivity index (χ4v) is 3.70. The SMILES string of the molecule is O=c1[nH]c2ccccc2c(=O)n1N=Cc1cn(Cc2ccccc2F)c2ccccc12. The molecule has 0 spiro atoms. The van der Waals surface area contributed by atoms with Crippen LogP contribution in [0.3, 0.4) is 0 Å². The minimum absolute atomic E-state index is 0.273. The number of para-hydroxylation sites is 2. The van der Waals surface area contributed by atoms with Gasteiger partial charge >= 0.3 is 5.69 Å². The van der Waals surface area contributed by atoms with Gasteiger partial charge in [0.1, 0.15) is 5.82 Å². The van der Waals surface area contributed by atoms with Crippen LogP contribution in [-0.4, -0.2) is 20.4 Å². The van der Waals surface area contributed by atoms with E-state index in [-0.39, 0.29) is 5.82 Å². The summed E-state index contributed by atoms with van der Waals surface area (Å²) in [6.45, 7) is 0.345. The van der Waals surface area contributed by atoms with E-state index in [2.05, 4.69) is 10.1 Å². The van der Waals surface area contributed by atoms with Crippen molar-refractivity contribution < 1.29 is 4.39 Å². The van der Waals surface area contributed by atoms with E-state index >= 15 is 0 Å². The number of nitrogens with zero attached hydrogens (tertiary/aromatic N) is 3. The van der Waals surface area contributed by atoms with Gasteiger partial charge in [-0.3, -0.25) is 4.79 Å². The molecule has 0 saturated carbocycles. The van der Waals surface area contributed by atoms with Crippen molar-refractivity contribution in [2.75, 3.05) is 0 Å². The van der Waals surface area contributed by atoms with Crippen molar-refractivity contribution in [1.82, 2.24) is 14.2 Å². The molecule has 2 aromatic heterocycles. The van der Waals surface area contributed by atoms with Crippen LogP contribution in [0.2, 0.25) is 0 Å². The van der Waals surface area contributed by atoms with Crippen LogP contribution >= 0.6 is 0 Å². The topological polar surface area (TPSA) is 72.2 Å². The Morgan fingerprint density at radius 1 is 0.903 bits per heavy atom. The molecular formula is C24H17FN4O2. The first-order valence-electron chi connectivity index (χ1n) is 9.71. The van der Waals surface area contributed by atoms with Crippen molar-refractivity contribution in [1.29, 1.82) is 0 Å². The zero-order valence-corrected chi connectivity index (χ0v) is 16.3. The summed E-state index contributed by atoms with van der Waals surface area (Å²) in [4.78, 5) is 27.7. The molecule has 0 radical (unpaired) electrons. The molecule has 0 atom stereocenters. The molecule has 5 aromatic rings. The molecule has 0 fully saturated rings. The highest BCUT2D eigenvalue weighted by molar-refractivity contribution is 5.99. The number of halogens is 1. The Morgan fingerprint density at radius 3 is 2.45 bits per heavy atom. The van der Waals surface area contributed by atoms with Crippen molar-refractivity contribution in [2.45, 2.75) is 6.54 Å². The second-order valence-electron chi connectivity index (χ2n) is 7.16. The molecule has 152 valence electrons. The average Bonchev–Trinajstić information content (AvgIpc) is 3.13. The van der Waals surface area contributed by atoms with Crippen molar-refractivity contribution in [3.05, 3.63) is 117 Å². The zero-order valence-electron chi connectivity index (χ0n) is 16.3. The summed E-state index contributed by atoms with van der Waals surface area (Å²) in [5, 5.41) is 5.42. The minimum atomic E-state index is -0.616. The van der Waals surface area contributed by atoms with Crippen LogP contribution in [0.5, 0.6) is 0 Å². The van der Waals surface area contributed by atoms with Gasteiger partial charge in [-0.25, -0.2) is 9.18 Å². The van der Waals surface area contributed by atoms with E-state index in [0.29, 0.717) is 28.6 Å². The van der Waals surface area contributed by atoms with Gasteiger partial charge in [0.05, 0.1) is 23.7 Å². The first kappa shape index (κ1) is 18.7. The van der Waals surface area contributed by atoms with E-state index in [1.807, 2.05) is 35.0 Å². The molecular weight excluding hydrogens is 395 g/mol. The quantitative estimate of drug-likeness (QED) is 0.457. The summed E-state index contributed by atoms with van der Waals surface area (Å²) in [6.07, 6.45) is 3.31. The third-order valence-corrected chi connectivity index (χ3v) is 5.21. The molecule has 2 heterocycles. The number of hydrogen-bond acceptors (Lipinski definition) is 3. The van der Waals surface area contributed by atoms with Gasteiger partial charge in [0.2, 0.25) is 0 Å². The van der Waals surface area contributed by atoms with Gasteiger partial charge in [-0.2, -0.15) is 5.10 Å². The van der Waals surface area contributed by atoms with Crippen molar-refractivity contribution >= 4 is 28.0 Å². The third kappa shape index (κ3) is 3.36. The molecule has 31 heavy (non-hydrogen) atoms. The Morgan fingerprint density at radius 2 is 1.61 bits per heavy atom. The van der Waals surface area contributed by atoms with E-state index in [9.17, 15) is 14.0 Å². The largest absolute Gasteiger partial charge is 0.349 e. The lowest BCUT2D eigenvalue weighted by atomic mass is 10.2. The Balaban J connectivity index is 1.60. The maximum atomic E-state index is 14.2. The predicted molar refractivity (Wildman–Crippen MR) is 119 cm³/mol. The average molecular weight is 412 g/mol. The summed E-state index contributed by atoms with van der Waals surface area (Å²) in [7, 11) is 0. The van der Waals surface area contributed by atoms with E-state index < -0.39 is 11.2 Å². The summed E-state index contributed by atoms with van der Waals surface area (Å²) >= 11 is 0. The Kier molecular flexibility index (Phi) is 4.55. The molecule has 0 aliphatic carbocycles. The van der Waals surface area contributed by atoms with Gasteiger partial charge < -0.3 is 9.55 Å². The number of benzene rings is 3. The highest BCUT2D eigenvalue weighted by atomic mass is 19.1. The molecule has 7 heteroatoms. The second-order valence-corrected chi connectivity index (χ2v) is 7.16. The lowest BCUT2D eigenvalue weighted by molar-refractivity contribution is 0.602. The molecule has 0 bridgehead atoms. The van der Waals surface area contributed by atoms with Crippen molar-refractivity contribution in [3.63, 3.8) is 0 Å². The lowest BCUT2D eigenvalue weighted by Crippen LogP contribution is -2.32. The van der Waals surface area contributed by atoms with Crippen LogP contribution in [0, 0.1) is 5.82 Å². The first-order valence-corrected chi connectivity index (χ1v) is 9.71. The first-order chi connectivity index (χ1) is 15.1. The van der Waals surface area contributed by atoms with Gasteiger partial charge in [0.15, 0.2) is 0 Å². The van der Waals surface area contributed by atoms with Gasteiger partial charge in [-0.1, -0.05) is 48.5 Å². The standard InChI is InChI=1S/C24H17FN4O2/c25-20-10-4-1-7-16(20)14-28-15-17(18-8-3-6-12-22(18)28)13-26-29-23(30)19-9-2-5-11-21(19)27-24(29)31/h1-13,15H,14H2,(H,27,31). The molecule has 0 unspecified atom stereocenters. The highest BCUT2D eigenvalue weighted by Gasteiger charge is 2.10. The number of fused-ring (bicyclic) bond motifs is 2. The predicted octanol–water partition coefficient (Wildman–Crippen LogP) is 3.71. The Hall–Kier alpha value is -4.26. The smallest absolute Gasteiger partial charge is 0.342 e. The van der Waals surface area contributed by atoms with Crippen LogP contribution in [0.1, 0.15) is 11.1 Å². The lowest BCUT2D eigenvalue weighted by Gasteiger charge is -2.06. The van der Waals surface area contributed by atoms with Crippen LogP contribution in [0.25, 0.3) is 21.8 Å². The second kappa shape index (κ2) is 7.53. The molecule has 0 saturated heterocycles. The molecule has 0 aliphatic rings. The van der Waals surface area contributed by atoms with Gasteiger partial charge in [-0.05, 0) is 24.3 Å². The van der Waals surface area contributed by atoms with Gasteiger partial charge in [-0.15, -0.1) is 4.68 Å². The number of aromatic nitrogens is 3. The van der Waals surface area contributed by atoms with Gasteiger partial charge in [0, 0.05) is 28.2 Å². The molecule has 5 rings (SSSR count). The number of aromatic amines is 1. The number of rotatable bonds is 4. The summed E-state index contributed by atoms with van der Waals surface area (Å²) < 4.78 is 16.9. The van der Waals surface area contributed by atoms with E-state index in [1.165, 1.54) is 12.3 Å². The molecule has 0 amide bonds. The Bertz CT molecular complexity index is 1580.